The molecule has 0 aliphatic heterocycles. The van der Waals surface area contributed by atoms with Crippen LogP contribution in [-0.2, 0) is 4.74 Å². The molecule has 0 atom stereocenters. The Morgan fingerprint density at radius 3 is 2.29 bits per heavy atom. The SMILES string of the molecule is CCCCCCCCN=C(C)OCC. The van der Waals surface area contributed by atoms with Crippen LogP contribution in [0.3, 0.4) is 0 Å². The molecule has 14 heavy (non-hydrogen) atoms. The average Bonchev–Trinajstić information content (AvgIpc) is 2.17. The highest BCUT2D eigenvalue weighted by Gasteiger charge is 1.90. The third-order valence-electron chi connectivity index (χ3n) is 2.20. The Hall–Kier alpha value is -0.530. The van der Waals surface area contributed by atoms with Crippen LogP contribution in [0.4, 0.5) is 0 Å². The van der Waals surface area contributed by atoms with Crippen LogP contribution in [0.1, 0.15) is 59.3 Å². The van der Waals surface area contributed by atoms with Crippen molar-refractivity contribution in [1.29, 1.82) is 0 Å². The lowest BCUT2D eigenvalue weighted by atomic mass is 10.1. The maximum atomic E-state index is 5.24. The maximum absolute atomic E-state index is 5.24. The van der Waals surface area contributed by atoms with Crippen LogP contribution in [0.5, 0.6) is 0 Å². The van der Waals surface area contributed by atoms with Crippen LogP contribution in [0.15, 0.2) is 4.99 Å². The van der Waals surface area contributed by atoms with E-state index < -0.39 is 0 Å². The van der Waals surface area contributed by atoms with Gasteiger partial charge in [0, 0.05) is 13.5 Å². The molecule has 0 fully saturated rings. The Balaban J connectivity index is 3.15. The zero-order valence-corrected chi connectivity index (χ0v) is 10.0. The molecule has 0 N–H and O–H groups in total. The third kappa shape index (κ3) is 9.56. The Kier molecular flexibility index (Phi) is 10.2. The molecule has 0 aromatic carbocycles. The Morgan fingerprint density at radius 1 is 1.00 bits per heavy atom. The standard InChI is InChI=1S/C12H25NO/c1-4-6-7-8-9-10-11-13-12(3)14-5-2/h4-11H2,1-3H3. The predicted octanol–water partition coefficient (Wildman–Crippen LogP) is 3.80. The van der Waals surface area contributed by atoms with Crippen LogP contribution in [0.25, 0.3) is 0 Å². The number of rotatable bonds is 8. The van der Waals surface area contributed by atoms with Gasteiger partial charge in [0.25, 0.3) is 0 Å². The van der Waals surface area contributed by atoms with E-state index in [-0.39, 0.29) is 0 Å². The fourth-order valence-electron chi connectivity index (χ4n) is 1.38. The van der Waals surface area contributed by atoms with Crippen molar-refractivity contribution >= 4 is 5.90 Å². The van der Waals surface area contributed by atoms with E-state index in [0.29, 0.717) is 0 Å². The summed E-state index contributed by atoms with van der Waals surface area (Å²) in [5, 5.41) is 0. The quantitative estimate of drug-likeness (QED) is 0.331. The molecular weight excluding hydrogens is 174 g/mol. The first-order valence-corrected chi connectivity index (χ1v) is 5.95. The first-order valence-electron chi connectivity index (χ1n) is 5.95. The molecule has 0 bridgehead atoms. The molecule has 0 aromatic heterocycles. The smallest absolute Gasteiger partial charge is 0.179 e. The lowest BCUT2D eigenvalue weighted by Crippen LogP contribution is -1.99. The van der Waals surface area contributed by atoms with E-state index in [1.54, 1.807) is 0 Å². The Labute approximate surface area is 88.8 Å². The number of nitrogens with zero attached hydrogens (tertiary/aromatic N) is 1. The van der Waals surface area contributed by atoms with E-state index in [1.807, 2.05) is 13.8 Å². The largest absolute Gasteiger partial charge is 0.481 e. The Bertz CT molecular complexity index is 143. The van der Waals surface area contributed by atoms with E-state index in [4.69, 9.17) is 4.74 Å². The molecule has 0 spiro atoms. The molecule has 0 unspecified atom stereocenters. The van der Waals surface area contributed by atoms with Gasteiger partial charge in [-0.3, -0.25) is 4.99 Å². The van der Waals surface area contributed by atoms with Crippen molar-refractivity contribution in [2.24, 2.45) is 4.99 Å². The monoisotopic (exact) mass is 199 g/mol. The summed E-state index contributed by atoms with van der Waals surface area (Å²) in [6.07, 6.45) is 7.95. The van der Waals surface area contributed by atoms with E-state index in [2.05, 4.69) is 11.9 Å². The molecule has 0 rings (SSSR count). The van der Waals surface area contributed by atoms with Gasteiger partial charge < -0.3 is 4.74 Å². The van der Waals surface area contributed by atoms with Crippen LogP contribution in [0, 0.1) is 0 Å². The number of ether oxygens (including phenoxy) is 1. The molecule has 0 radical (unpaired) electrons. The van der Waals surface area contributed by atoms with Gasteiger partial charge in [-0.25, -0.2) is 0 Å². The van der Waals surface area contributed by atoms with Crippen molar-refractivity contribution in [3.05, 3.63) is 0 Å². The summed E-state index contributed by atoms with van der Waals surface area (Å²) in [7, 11) is 0. The van der Waals surface area contributed by atoms with Crippen LogP contribution in [0.2, 0.25) is 0 Å². The van der Waals surface area contributed by atoms with Gasteiger partial charge in [-0.15, -0.1) is 0 Å². The summed E-state index contributed by atoms with van der Waals surface area (Å²) in [5.41, 5.74) is 0. The van der Waals surface area contributed by atoms with Gasteiger partial charge in [-0.2, -0.15) is 0 Å². The second-order valence-electron chi connectivity index (χ2n) is 3.60. The maximum Gasteiger partial charge on any atom is 0.179 e. The molecule has 0 saturated heterocycles. The fourth-order valence-corrected chi connectivity index (χ4v) is 1.38. The molecule has 0 aromatic rings. The molecule has 0 aliphatic rings. The van der Waals surface area contributed by atoms with Crippen molar-refractivity contribution in [3.8, 4) is 0 Å². The van der Waals surface area contributed by atoms with Gasteiger partial charge in [0.2, 0.25) is 0 Å². The van der Waals surface area contributed by atoms with Crippen LogP contribution in [-0.4, -0.2) is 19.0 Å². The van der Waals surface area contributed by atoms with E-state index in [1.165, 1.54) is 38.5 Å². The highest BCUT2D eigenvalue weighted by Crippen LogP contribution is 2.04. The second-order valence-corrected chi connectivity index (χ2v) is 3.60. The Morgan fingerprint density at radius 2 is 1.64 bits per heavy atom. The van der Waals surface area contributed by atoms with E-state index >= 15 is 0 Å². The van der Waals surface area contributed by atoms with Gasteiger partial charge in [-0.05, 0) is 13.3 Å². The zero-order chi connectivity index (χ0) is 10.6. The molecular formula is C12H25NO. The number of hydrogen-bond donors (Lipinski definition) is 0. The summed E-state index contributed by atoms with van der Waals surface area (Å²) in [5.74, 6) is 0.834. The zero-order valence-electron chi connectivity index (χ0n) is 10.0. The minimum Gasteiger partial charge on any atom is -0.481 e. The van der Waals surface area contributed by atoms with E-state index in [0.717, 1.165) is 19.0 Å². The minimum absolute atomic E-state index is 0.728. The molecule has 2 heteroatoms. The number of hydrogen-bond acceptors (Lipinski definition) is 2. The van der Waals surface area contributed by atoms with Crippen molar-refractivity contribution in [1.82, 2.24) is 0 Å². The van der Waals surface area contributed by atoms with Gasteiger partial charge in [0.1, 0.15) is 0 Å². The second kappa shape index (κ2) is 10.6. The lowest BCUT2D eigenvalue weighted by molar-refractivity contribution is 0.323. The van der Waals surface area contributed by atoms with Crippen molar-refractivity contribution in [2.45, 2.75) is 59.3 Å². The van der Waals surface area contributed by atoms with Crippen molar-refractivity contribution < 1.29 is 4.74 Å². The fraction of sp³-hybridized carbons (Fsp3) is 0.917. The first kappa shape index (κ1) is 13.5. The lowest BCUT2D eigenvalue weighted by Gasteiger charge is -2.01. The highest BCUT2D eigenvalue weighted by molar-refractivity contribution is 5.72. The topological polar surface area (TPSA) is 21.6 Å². The third-order valence-corrected chi connectivity index (χ3v) is 2.20. The number of aliphatic imine (C=N–C) groups is 1. The molecule has 0 aliphatic carbocycles. The summed E-state index contributed by atoms with van der Waals surface area (Å²) in [6, 6.07) is 0. The normalized spacial score (nSPS) is 11.8. The van der Waals surface area contributed by atoms with Gasteiger partial charge in [0.05, 0.1) is 6.61 Å². The summed E-state index contributed by atoms with van der Waals surface area (Å²) < 4.78 is 5.24. The summed E-state index contributed by atoms with van der Waals surface area (Å²) in [4.78, 5) is 4.33. The summed E-state index contributed by atoms with van der Waals surface area (Å²) >= 11 is 0. The number of unbranched alkanes of at least 4 members (excludes halogenated alkanes) is 5. The highest BCUT2D eigenvalue weighted by atomic mass is 16.5. The molecule has 0 heterocycles. The van der Waals surface area contributed by atoms with Gasteiger partial charge in [0.15, 0.2) is 5.90 Å². The van der Waals surface area contributed by atoms with Crippen molar-refractivity contribution in [3.63, 3.8) is 0 Å². The molecule has 84 valence electrons. The summed E-state index contributed by atoms with van der Waals surface area (Å²) in [6.45, 7) is 7.82. The molecule has 2 nitrogen and oxygen atoms in total. The molecule has 0 amide bonds. The van der Waals surface area contributed by atoms with Crippen molar-refractivity contribution in [2.75, 3.05) is 13.2 Å². The average molecular weight is 199 g/mol. The van der Waals surface area contributed by atoms with Crippen LogP contribution >= 0.6 is 0 Å². The molecule has 0 saturated carbocycles. The van der Waals surface area contributed by atoms with Gasteiger partial charge >= 0.3 is 0 Å². The predicted molar refractivity (Wildman–Crippen MR) is 63.0 cm³/mol. The minimum atomic E-state index is 0.728. The van der Waals surface area contributed by atoms with E-state index in [9.17, 15) is 0 Å². The van der Waals surface area contributed by atoms with Crippen LogP contribution < -0.4 is 0 Å². The first-order chi connectivity index (χ1) is 6.81. The van der Waals surface area contributed by atoms with Gasteiger partial charge in [-0.1, -0.05) is 39.0 Å².